The zero-order valence-electron chi connectivity index (χ0n) is 47.3. The van der Waals surface area contributed by atoms with E-state index in [4.69, 9.17) is 32.5 Å². The summed E-state index contributed by atoms with van der Waals surface area (Å²) in [4.78, 5) is 46.1. The Kier molecular flexibility index (Phi) is 26.9. The van der Waals surface area contributed by atoms with Crippen LogP contribution in [0.2, 0.25) is 0 Å². The number of ether oxygens (including phenoxy) is 2. The van der Waals surface area contributed by atoms with Crippen LogP contribution < -0.4 is 22.1 Å². The van der Waals surface area contributed by atoms with Gasteiger partial charge in [0, 0.05) is 196 Å². The van der Waals surface area contributed by atoms with Crippen LogP contribution in [0.25, 0.3) is 0 Å². The van der Waals surface area contributed by atoms with E-state index in [1.54, 1.807) is 4.90 Å². The van der Waals surface area contributed by atoms with Crippen molar-refractivity contribution in [3.8, 4) is 0 Å². The summed E-state index contributed by atoms with van der Waals surface area (Å²) in [5.41, 5.74) is 13.6. The minimum Gasteiger partial charge on any atom is -0.444 e. The molecule has 428 valence electrons. The number of rotatable bonds is 5. The number of aromatic amines is 1. The van der Waals surface area contributed by atoms with Crippen molar-refractivity contribution >= 4 is 29.6 Å². The predicted octanol–water partition coefficient (Wildman–Crippen LogP) is 7.58. The van der Waals surface area contributed by atoms with E-state index in [0.29, 0.717) is 50.9 Å². The van der Waals surface area contributed by atoms with E-state index in [2.05, 4.69) is 98.7 Å². The van der Waals surface area contributed by atoms with Crippen LogP contribution in [0.4, 0.5) is 9.59 Å². The molecule has 0 aliphatic carbocycles. The number of amides is 2. The molecule has 6 aliphatic heterocycles. The fourth-order valence-electron chi connectivity index (χ4n) is 9.66. The summed E-state index contributed by atoms with van der Waals surface area (Å²) in [5.74, 6) is 0.796. The van der Waals surface area contributed by atoms with Gasteiger partial charge in [0.2, 0.25) is 0 Å². The normalized spacial score (nSPS) is 17.9. The van der Waals surface area contributed by atoms with Gasteiger partial charge in [0.1, 0.15) is 17.0 Å². The Hall–Kier alpha value is -5.34. The SMILES string of the molecule is CC(C)(C)OC(=O)N1CCC(=O)CC1.CC(C)(C)OC(=O)N1CCC(N2CCn3cccc3C2)CC1.NCCCl.NCCn1cccc1.c1cc2n(c1)CCN(C1CCNCC1)C2.c1cc2n(c1)CCNC2.c1cc[nH]c1. The first-order valence-electron chi connectivity index (χ1n) is 28.0. The van der Waals surface area contributed by atoms with Crippen LogP contribution in [0.1, 0.15) is 97.1 Å². The Bertz CT molecular complexity index is 2300. The molecule has 11 heterocycles. The second-order valence-corrected chi connectivity index (χ2v) is 22.3. The summed E-state index contributed by atoms with van der Waals surface area (Å²) < 4.78 is 19.7. The molecule has 7 N–H and O–H groups in total. The molecule has 3 saturated heterocycles. The van der Waals surface area contributed by atoms with Gasteiger partial charge in [-0.05, 0) is 141 Å². The van der Waals surface area contributed by atoms with Gasteiger partial charge in [0.25, 0.3) is 0 Å². The van der Waals surface area contributed by atoms with Crippen LogP contribution in [0.15, 0.2) is 104 Å². The number of halogens is 1. The standard InChI is InChI=1S/C17H27N3O2.C12H19N3.C10H17NO3.C7H10N2.C6H10N2.C4H5N.C2H6ClN/c1-17(2,3)22-16(21)19-9-6-14(7-10-19)20-12-11-18-8-4-5-15(18)13-20;1-2-12-10-15(9-8-14(12)7-1)11-3-5-13-6-4-11;1-10(2,3)14-9(13)11-6-4-8(12)5-7-11;1-2-7-6-8-3-5-9(7)4-1;7-3-6-8-4-1-2-5-8;1-2-4-5-3-1;3-1-2-4/h4-5,8,14H,6-7,9-13H2,1-3H3;1-2,7,11,13H,3-6,8-10H2;4-7H2,1-3H3;1-2,4,8H,3,5-6H2;1-2,4-5H,3,6-7H2;1-5H;1-2,4H2. The Morgan fingerprint density at radius 1 is 0.571 bits per heavy atom. The summed E-state index contributed by atoms with van der Waals surface area (Å²) in [6, 6.07) is 22.3. The molecule has 3 fully saturated rings. The lowest BCUT2D eigenvalue weighted by Crippen LogP contribution is -2.49. The molecule has 6 aliphatic rings. The van der Waals surface area contributed by atoms with Gasteiger partial charge in [-0.25, -0.2) is 9.59 Å². The highest BCUT2D eigenvalue weighted by Crippen LogP contribution is 2.24. The van der Waals surface area contributed by atoms with Crippen molar-refractivity contribution in [2.45, 2.75) is 149 Å². The molecule has 19 heteroatoms. The lowest BCUT2D eigenvalue weighted by molar-refractivity contribution is -0.121. The topological polar surface area (TPSA) is 194 Å². The van der Waals surface area contributed by atoms with E-state index in [1.165, 1.54) is 56.1 Å². The number of aromatic nitrogens is 5. The fraction of sp³-hybridized carbons (Fsp3) is 0.603. The van der Waals surface area contributed by atoms with Gasteiger partial charge >= 0.3 is 12.2 Å². The van der Waals surface area contributed by atoms with Crippen molar-refractivity contribution in [1.29, 1.82) is 0 Å². The first kappa shape index (κ1) is 62.5. The van der Waals surface area contributed by atoms with E-state index in [9.17, 15) is 14.4 Å². The van der Waals surface area contributed by atoms with Gasteiger partial charge < -0.3 is 64.6 Å². The number of Topliss-reactive ketones (excluding diaryl/α,β-unsaturated/α-hetero) is 1. The minimum absolute atomic E-state index is 0.168. The molecule has 0 radical (unpaired) electrons. The van der Waals surface area contributed by atoms with Crippen molar-refractivity contribution < 1.29 is 23.9 Å². The molecular weight excluding hydrogens is 994 g/mol. The van der Waals surface area contributed by atoms with Crippen molar-refractivity contribution in [3.63, 3.8) is 0 Å². The number of nitrogens with zero attached hydrogens (tertiary/aromatic N) is 8. The number of likely N-dealkylation sites (tertiary alicyclic amines) is 2. The maximum absolute atomic E-state index is 12.1. The molecule has 5 aromatic heterocycles. The Morgan fingerprint density at radius 3 is 1.48 bits per heavy atom. The van der Waals surface area contributed by atoms with Crippen LogP contribution in [-0.2, 0) is 60.1 Å². The van der Waals surface area contributed by atoms with Crippen LogP contribution in [-0.4, -0.2) is 162 Å². The van der Waals surface area contributed by atoms with Crippen molar-refractivity contribution in [2.24, 2.45) is 11.5 Å². The number of ketones is 1. The zero-order chi connectivity index (χ0) is 55.5. The number of H-pyrrole nitrogens is 1. The molecule has 0 bridgehead atoms. The highest BCUT2D eigenvalue weighted by Gasteiger charge is 2.31. The fourth-order valence-corrected chi connectivity index (χ4v) is 9.66. The highest BCUT2D eigenvalue weighted by atomic mass is 35.5. The van der Waals surface area contributed by atoms with E-state index in [1.807, 2.05) is 95.5 Å². The summed E-state index contributed by atoms with van der Waals surface area (Å²) >= 11 is 5.06. The average Bonchev–Trinajstić information content (AvgIpc) is 4.30. The largest absolute Gasteiger partial charge is 0.444 e. The molecule has 77 heavy (non-hydrogen) atoms. The summed E-state index contributed by atoms with van der Waals surface area (Å²) in [6.45, 7) is 28.5. The number of carbonyl (C=O) groups excluding carboxylic acids is 3. The van der Waals surface area contributed by atoms with E-state index in [0.717, 1.165) is 84.3 Å². The molecular formula is C58H94ClN13O5. The molecule has 0 aromatic carbocycles. The maximum atomic E-state index is 12.1. The summed E-state index contributed by atoms with van der Waals surface area (Å²) in [6.07, 6.45) is 19.4. The summed E-state index contributed by atoms with van der Waals surface area (Å²) in [7, 11) is 0. The number of carbonyl (C=O) groups is 3. The molecule has 0 spiro atoms. The second-order valence-electron chi connectivity index (χ2n) is 22.0. The minimum atomic E-state index is -0.460. The molecule has 0 atom stereocenters. The lowest BCUT2D eigenvalue weighted by atomic mass is 10.0. The molecule has 0 unspecified atom stereocenters. The number of nitrogens with two attached hydrogens (primary N) is 2. The molecule has 11 rings (SSSR count). The van der Waals surface area contributed by atoms with E-state index >= 15 is 0 Å². The molecule has 0 saturated carbocycles. The van der Waals surface area contributed by atoms with Crippen LogP contribution in [0.3, 0.4) is 0 Å². The van der Waals surface area contributed by atoms with Crippen molar-refractivity contribution in [1.82, 2.24) is 53.5 Å². The van der Waals surface area contributed by atoms with E-state index < -0.39 is 11.2 Å². The van der Waals surface area contributed by atoms with Gasteiger partial charge in [-0.2, -0.15) is 0 Å². The third-order valence-corrected chi connectivity index (χ3v) is 13.9. The zero-order valence-corrected chi connectivity index (χ0v) is 48.1. The summed E-state index contributed by atoms with van der Waals surface area (Å²) in [5, 5.41) is 6.74. The first-order chi connectivity index (χ1) is 37.0. The third kappa shape index (κ3) is 23.3. The highest BCUT2D eigenvalue weighted by molar-refractivity contribution is 6.18. The predicted molar refractivity (Wildman–Crippen MR) is 309 cm³/mol. The monoisotopic (exact) mass is 1090 g/mol. The van der Waals surface area contributed by atoms with Gasteiger partial charge in [-0.1, -0.05) is 0 Å². The number of hydrogen-bond acceptors (Lipinski definition) is 11. The Labute approximate surface area is 464 Å². The lowest BCUT2D eigenvalue weighted by Gasteiger charge is -2.40. The maximum Gasteiger partial charge on any atom is 0.410 e. The second kappa shape index (κ2) is 33.2. The van der Waals surface area contributed by atoms with E-state index in [-0.39, 0.29) is 18.0 Å². The van der Waals surface area contributed by atoms with Crippen LogP contribution in [0, 0.1) is 0 Å². The van der Waals surface area contributed by atoms with Gasteiger partial charge in [-0.3, -0.25) is 14.6 Å². The van der Waals surface area contributed by atoms with Gasteiger partial charge in [0.15, 0.2) is 0 Å². The smallest absolute Gasteiger partial charge is 0.410 e. The Balaban J connectivity index is 0.000000176. The van der Waals surface area contributed by atoms with Crippen LogP contribution in [0.5, 0.6) is 0 Å². The number of hydrogen-bond donors (Lipinski definition) is 5. The van der Waals surface area contributed by atoms with Crippen molar-refractivity contribution in [2.75, 3.05) is 77.9 Å². The number of piperidine rings is 3. The van der Waals surface area contributed by atoms with Gasteiger partial charge in [0.05, 0.1) is 0 Å². The average molecular weight is 1090 g/mol. The quantitative estimate of drug-likeness (QED) is 0.109. The third-order valence-electron chi connectivity index (χ3n) is 13.7. The molecule has 18 nitrogen and oxygen atoms in total. The molecule has 2 amide bonds. The number of nitrogens with one attached hydrogen (secondary N) is 3. The van der Waals surface area contributed by atoms with Crippen molar-refractivity contribution in [3.05, 3.63) is 121 Å². The van der Waals surface area contributed by atoms with Gasteiger partial charge in [-0.15, -0.1) is 11.6 Å². The first-order valence-corrected chi connectivity index (χ1v) is 28.5. The Morgan fingerprint density at radius 2 is 1.04 bits per heavy atom. The molecule has 5 aromatic rings. The number of alkyl halides is 1. The number of fused-ring (bicyclic) bond motifs is 3. The van der Waals surface area contributed by atoms with Crippen LogP contribution >= 0.6 is 11.6 Å².